The van der Waals surface area contributed by atoms with Crippen molar-refractivity contribution in [2.45, 2.75) is 38.5 Å². The minimum atomic E-state index is -2.35. The van der Waals surface area contributed by atoms with Gasteiger partial charge in [-0.25, -0.2) is 8.78 Å². The van der Waals surface area contributed by atoms with Crippen LogP contribution >= 0.6 is 0 Å². The van der Waals surface area contributed by atoms with Crippen molar-refractivity contribution in [1.82, 2.24) is 4.90 Å². The smallest absolute Gasteiger partial charge is 0.249 e. The molecule has 1 heterocycles. The third kappa shape index (κ3) is 1.71. The summed E-state index contributed by atoms with van der Waals surface area (Å²) >= 11 is 0. The maximum atomic E-state index is 12.7. The molecule has 0 amide bonds. The first-order valence-corrected chi connectivity index (χ1v) is 5.16. The summed E-state index contributed by atoms with van der Waals surface area (Å²) in [4.78, 5) is 2.33. The first-order valence-electron chi connectivity index (χ1n) is 5.16. The minimum absolute atomic E-state index is 0.00132. The number of likely N-dealkylation sites (tertiary alicyclic amines) is 1. The van der Waals surface area contributed by atoms with Crippen LogP contribution in [0.2, 0.25) is 0 Å². The van der Waals surface area contributed by atoms with Gasteiger partial charge in [0.1, 0.15) is 0 Å². The number of nitrogens with zero attached hydrogens (tertiary/aromatic N) is 1. The second-order valence-electron chi connectivity index (χ2n) is 4.74. The van der Waals surface area contributed by atoms with Crippen LogP contribution in [0.1, 0.15) is 32.6 Å². The molecule has 1 nitrogen and oxygen atoms in total. The Hall–Kier alpha value is -0.180. The Balaban J connectivity index is 1.86. The topological polar surface area (TPSA) is 3.24 Å². The zero-order valence-corrected chi connectivity index (χ0v) is 8.15. The lowest BCUT2D eigenvalue weighted by molar-refractivity contribution is -0.155. The van der Waals surface area contributed by atoms with E-state index in [-0.39, 0.29) is 18.3 Å². The summed E-state index contributed by atoms with van der Waals surface area (Å²) in [7, 11) is 0. The van der Waals surface area contributed by atoms with Gasteiger partial charge in [0, 0.05) is 19.4 Å². The van der Waals surface area contributed by atoms with Gasteiger partial charge in [0.15, 0.2) is 0 Å². The van der Waals surface area contributed by atoms with Gasteiger partial charge < -0.3 is 4.90 Å². The Morgan fingerprint density at radius 2 is 2.00 bits per heavy atom. The van der Waals surface area contributed by atoms with Gasteiger partial charge in [-0.15, -0.1) is 0 Å². The lowest BCUT2D eigenvalue weighted by Gasteiger charge is -2.44. The van der Waals surface area contributed by atoms with Crippen LogP contribution in [0.15, 0.2) is 0 Å². The minimum Gasteiger partial charge on any atom is -0.303 e. The van der Waals surface area contributed by atoms with E-state index in [0.29, 0.717) is 0 Å². The Morgan fingerprint density at radius 1 is 1.31 bits per heavy atom. The quantitative estimate of drug-likeness (QED) is 0.645. The first-order chi connectivity index (χ1) is 6.05. The molecule has 2 rings (SSSR count). The van der Waals surface area contributed by atoms with E-state index in [4.69, 9.17) is 0 Å². The second-order valence-corrected chi connectivity index (χ2v) is 4.74. The molecule has 0 N–H and O–H groups in total. The average molecular weight is 189 g/mol. The fourth-order valence-electron chi connectivity index (χ4n) is 2.87. The molecule has 0 aromatic carbocycles. The van der Waals surface area contributed by atoms with E-state index in [2.05, 4.69) is 11.8 Å². The molecule has 1 spiro atoms. The van der Waals surface area contributed by atoms with Crippen molar-refractivity contribution in [1.29, 1.82) is 0 Å². The number of halogens is 2. The standard InChI is InChI=1S/C10H17F2N/c1-2-4-13-5-3-9(8-13)6-10(11,12)7-9/h2-8H2,1H3. The van der Waals surface area contributed by atoms with Gasteiger partial charge in [-0.05, 0) is 31.3 Å². The predicted octanol–water partition coefficient (Wildman–Crippen LogP) is 2.52. The molecule has 0 aromatic heterocycles. The molecule has 0 atom stereocenters. The monoisotopic (exact) mass is 189 g/mol. The van der Waals surface area contributed by atoms with Crippen molar-refractivity contribution in [2.24, 2.45) is 5.41 Å². The highest BCUT2D eigenvalue weighted by Gasteiger charge is 2.58. The van der Waals surface area contributed by atoms with Gasteiger partial charge in [0.25, 0.3) is 0 Å². The van der Waals surface area contributed by atoms with Crippen molar-refractivity contribution in [3.63, 3.8) is 0 Å². The van der Waals surface area contributed by atoms with E-state index in [1.165, 1.54) is 0 Å². The van der Waals surface area contributed by atoms with E-state index < -0.39 is 5.92 Å². The number of hydrogen-bond donors (Lipinski definition) is 0. The molecule has 1 aliphatic heterocycles. The van der Waals surface area contributed by atoms with Gasteiger partial charge in [-0.3, -0.25) is 0 Å². The summed E-state index contributed by atoms with van der Waals surface area (Å²) in [5.41, 5.74) is -0.00132. The number of hydrogen-bond acceptors (Lipinski definition) is 1. The summed E-state index contributed by atoms with van der Waals surface area (Å²) in [5, 5.41) is 0. The van der Waals surface area contributed by atoms with Crippen LogP contribution in [0.25, 0.3) is 0 Å². The SMILES string of the molecule is CCCN1CCC2(C1)CC(F)(F)C2. The summed E-state index contributed by atoms with van der Waals surface area (Å²) in [6, 6.07) is 0. The summed E-state index contributed by atoms with van der Waals surface area (Å²) < 4.78 is 25.5. The van der Waals surface area contributed by atoms with Gasteiger partial charge >= 0.3 is 0 Å². The molecular weight excluding hydrogens is 172 g/mol. The zero-order chi connectivity index (χ0) is 9.53. The third-order valence-electron chi connectivity index (χ3n) is 3.32. The molecule has 76 valence electrons. The van der Waals surface area contributed by atoms with Crippen molar-refractivity contribution in [3.05, 3.63) is 0 Å². The highest BCUT2D eigenvalue weighted by atomic mass is 19.3. The lowest BCUT2D eigenvalue weighted by Crippen LogP contribution is -2.47. The Bertz CT molecular complexity index is 195. The van der Waals surface area contributed by atoms with Gasteiger partial charge in [0.05, 0.1) is 0 Å². The maximum absolute atomic E-state index is 12.7. The van der Waals surface area contributed by atoms with E-state index in [1.54, 1.807) is 0 Å². The van der Waals surface area contributed by atoms with Crippen LogP contribution in [0.4, 0.5) is 8.78 Å². The highest BCUT2D eigenvalue weighted by molar-refractivity contribution is 5.03. The Morgan fingerprint density at radius 3 is 2.54 bits per heavy atom. The van der Waals surface area contributed by atoms with Gasteiger partial charge in [0.2, 0.25) is 5.92 Å². The van der Waals surface area contributed by atoms with E-state index in [9.17, 15) is 8.78 Å². The largest absolute Gasteiger partial charge is 0.303 e. The first kappa shape index (κ1) is 9.38. The van der Waals surface area contributed by atoms with Gasteiger partial charge in [-0.1, -0.05) is 6.92 Å². The van der Waals surface area contributed by atoms with Crippen molar-refractivity contribution in [3.8, 4) is 0 Å². The summed E-state index contributed by atoms with van der Waals surface area (Å²) in [5.74, 6) is -2.35. The normalized spacial score (nSPS) is 30.7. The van der Waals surface area contributed by atoms with E-state index >= 15 is 0 Å². The molecule has 2 fully saturated rings. The maximum Gasteiger partial charge on any atom is 0.249 e. The molecule has 2 aliphatic rings. The fourth-order valence-corrected chi connectivity index (χ4v) is 2.87. The Kier molecular flexibility index (Phi) is 2.10. The highest BCUT2D eigenvalue weighted by Crippen LogP contribution is 2.56. The Labute approximate surface area is 78.1 Å². The lowest BCUT2D eigenvalue weighted by atomic mass is 9.65. The fraction of sp³-hybridized carbons (Fsp3) is 1.00. The molecule has 1 aliphatic carbocycles. The molecule has 3 heteroatoms. The van der Waals surface area contributed by atoms with Crippen molar-refractivity contribution in [2.75, 3.05) is 19.6 Å². The van der Waals surface area contributed by atoms with Crippen LogP contribution in [0.5, 0.6) is 0 Å². The van der Waals surface area contributed by atoms with Crippen LogP contribution in [0, 0.1) is 5.41 Å². The molecule has 0 radical (unpaired) electrons. The van der Waals surface area contributed by atoms with Crippen molar-refractivity contribution >= 4 is 0 Å². The molecule has 0 aromatic rings. The summed E-state index contributed by atoms with van der Waals surface area (Å²) in [6.07, 6.45) is 2.40. The molecule has 13 heavy (non-hydrogen) atoms. The van der Waals surface area contributed by atoms with Crippen LogP contribution in [-0.4, -0.2) is 30.5 Å². The number of rotatable bonds is 2. The van der Waals surface area contributed by atoms with Crippen LogP contribution < -0.4 is 0 Å². The predicted molar refractivity (Wildman–Crippen MR) is 48.0 cm³/mol. The van der Waals surface area contributed by atoms with Crippen LogP contribution in [0.3, 0.4) is 0 Å². The summed E-state index contributed by atoms with van der Waals surface area (Å²) in [6.45, 7) is 5.16. The second kappa shape index (κ2) is 2.91. The molecule has 1 saturated carbocycles. The molecule has 1 saturated heterocycles. The molecular formula is C10H17F2N. The van der Waals surface area contributed by atoms with Gasteiger partial charge in [-0.2, -0.15) is 0 Å². The average Bonchev–Trinajstić information content (AvgIpc) is 2.31. The van der Waals surface area contributed by atoms with E-state index in [0.717, 1.165) is 32.5 Å². The molecule has 0 bridgehead atoms. The zero-order valence-electron chi connectivity index (χ0n) is 8.15. The van der Waals surface area contributed by atoms with E-state index in [1.807, 2.05) is 0 Å². The van der Waals surface area contributed by atoms with Crippen LogP contribution in [-0.2, 0) is 0 Å². The van der Waals surface area contributed by atoms with Crippen molar-refractivity contribution < 1.29 is 8.78 Å². The number of alkyl halides is 2. The third-order valence-corrected chi connectivity index (χ3v) is 3.32. The molecule has 0 unspecified atom stereocenters.